The standard InChI is InChI=1S/C13H24N2O4S/c1-2-20(17,18)15-6-3-11(4-7-15)9-14-13(16)12-5-8-19-10-12/h11-12H,2-10H2,1H3,(H,14,16). The molecule has 0 aliphatic carbocycles. The molecule has 0 aromatic rings. The summed E-state index contributed by atoms with van der Waals surface area (Å²) >= 11 is 0. The van der Waals surface area contributed by atoms with Crippen molar-refractivity contribution in [3.63, 3.8) is 0 Å². The van der Waals surface area contributed by atoms with Crippen LogP contribution in [0.4, 0.5) is 0 Å². The molecule has 0 spiro atoms. The number of nitrogens with zero attached hydrogens (tertiary/aromatic N) is 1. The maximum Gasteiger partial charge on any atom is 0.225 e. The van der Waals surface area contributed by atoms with E-state index in [-0.39, 0.29) is 17.6 Å². The molecule has 2 aliphatic heterocycles. The van der Waals surface area contributed by atoms with Gasteiger partial charge in [0.25, 0.3) is 0 Å². The number of piperidine rings is 1. The highest BCUT2D eigenvalue weighted by Gasteiger charge is 2.28. The van der Waals surface area contributed by atoms with Gasteiger partial charge in [0.2, 0.25) is 15.9 Å². The highest BCUT2D eigenvalue weighted by molar-refractivity contribution is 7.89. The summed E-state index contributed by atoms with van der Waals surface area (Å²) in [5, 5.41) is 2.97. The van der Waals surface area contributed by atoms with Crippen LogP contribution in [0.1, 0.15) is 26.2 Å². The zero-order valence-electron chi connectivity index (χ0n) is 12.0. The van der Waals surface area contributed by atoms with Crippen LogP contribution in [0.5, 0.6) is 0 Å². The van der Waals surface area contributed by atoms with Gasteiger partial charge in [0, 0.05) is 26.2 Å². The molecular formula is C13H24N2O4S. The summed E-state index contributed by atoms with van der Waals surface area (Å²) in [4.78, 5) is 11.9. The van der Waals surface area contributed by atoms with Gasteiger partial charge in [0.05, 0.1) is 18.3 Å². The summed E-state index contributed by atoms with van der Waals surface area (Å²) in [5.41, 5.74) is 0. The van der Waals surface area contributed by atoms with Crippen LogP contribution in [0.25, 0.3) is 0 Å². The van der Waals surface area contributed by atoms with E-state index in [1.807, 2.05) is 0 Å². The normalized spacial score (nSPS) is 25.8. The summed E-state index contributed by atoms with van der Waals surface area (Å²) < 4.78 is 30.3. The number of rotatable bonds is 5. The minimum atomic E-state index is -3.06. The smallest absolute Gasteiger partial charge is 0.225 e. The highest BCUT2D eigenvalue weighted by Crippen LogP contribution is 2.19. The van der Waals surface area contributed by atoms with Gasteiger partial charge in [-0.05, 0) is 32.1 Å². The molecule has 7 heteroatoms. The summed E-state index contributed by atoms with van der Waals surface area (Å²) in [7, 11) is -3.06. The van der Waals surface area contributed by atoms with Gasteiger partial charge < -0.3 is 10.1 Å². The van der Waals surface area contributed by atoms with Crippen molar-refractivity contribution in [2.45, 2.75) is 26.2 Å². The van der Waals surface area contributed by atoms with E-state index in [0.717, 1.165) is 19.3 Å². The molecule has 20 heavy (non-hydrogen) atoms. The third kappa shape index (κ3) is 3.93. The van der Waals surface area contributed by atoms with Crippen LogP contribution in [0.2, 0.25) is 0 Å². The van der Waals surface area contributed by atoms with E-state index in [4.69, 9.17) is 4.74 Å². The monoisotopic (exact) mass is 304 g/mol. The minimum absolute atomic E-state index is 0.00411. The number of hydrogen-bond acceptors (Lipinski definition) is 4. The van der Waals surface area contributed by atoms with E-state index in [1.54, 1.807) is 11.2 Å². The van der Waals surface area contributed by atoms with Crippen LogP contribution in [0, 0.1) is 11.8 Å². The molecule has 0 bridgehead atoms. The Bertz CT molecular complexity index is 424. The highest BCUT2D eigenvalue weighted by atomic mass is 32.2. The lowest BCUT2D eigenvalue weighted by atomic mass is 9.98. The van der Waals surface area contributed by atoms with Crippen LogP contribution in [0.3, 0.4) is 0 Å². The molecule has 2 aliphatic rings. The molecule has 0 radical (unpaired) electrons. The first-order valence-electron chi connectivity index (χ1n) is 7.36. The molecular weight excluding hydrogens is 280 g/mol. The fourth-order valence-electron chi connectivity index (χ4n) is 2.70. The Kier molecular flexibility index (Phi) is 5.40. The average Bonchev–Trinajstić information content (AvgIpc) is 2.99. The lowest BCUT2D eigenvalue weighted by molar-refractivity contribution is -0.125. The molecule has 1 amide bonds. The van der Waals surface area contributed by atoms with E-state index in [2.05, 4.69) is 5.32 Å². The molecule has 2 fully saturated rings. The quantitative estimate of drug-likeness (QED) is 0.787. The number of hydrogen-bond donors (Lipinski definition) is 1. The third-order valence-corrected chi connectivity index (χ3v) is 6.08. The largest absolute Gasteiger partial charge is 0.381 e. The van der Waals surface area contributed by atoms with Crippen molar-refractivity contribution in [3.05, 3.63) is 0 Å². The van der Waals surface area contributed by atoms with Crippen LogP contribution in [0.15, 0.2) is 0 Å². The van der Waals surface area contributed by atoms with Crippen molar-refractivity contribution in [1.29, 1.82) is 0 Å². The Morgan fingerprint density at radius 1 is 1.30 bits per heavy atom. The first-order valence-corrected chi connectivity index (χ1v) is 8.97. The Hall–Kier alpha value is -0.660. The Morgan fingerprint density at radius 3 is 2.55 bits per heavy atom. The first kappa shape index (κ1) is 15.7. The Labute approximate surface area is 120 Å². The maximum absolute atomic E-state index is 11.9. The maximum atomic E-state index is 11.9. The molecule has 1 N–H and O–H groups in total. The SMILES string of the molecule is CCS(=O)(=O)N1CCC(CNC(=O)C2CCOC2)CC1. The number of carbonyl (C=O) groups excluding carboxylic acids is 1. The van der Waals surface area contributed by atoms with E-state index in [1.165, 1.54) is 0 Å². The predicted molar refractivity (Wildman–Crippen MR) is 75.7 cm³/mol. The van der Waals surface area contributed by atoms with Crippen LogP contribution < -0.4 is 5.32 Å². The fourth-order valence-corrected chi connectivity index (χ4v) is 3.84. The summed E-state index contributed by atoms with van der Waals surface area (Å²) in [5.74, 6) is 0.613. The molecule has 0 aromatic carbocycles. The number of nitrogens with one attached hydrogen (secondary N) is 1. The van der Waals surface area contributed by atoms with Gasteiger partial charge in [0.15, 0.2) is 0 Å². The van der Waals surface area contributed by atoms with Gasteiger partial charge in [0.1, 0.15) is 0 Å². The van der Waals surface area contributed by atoms with Gasteiger partial charge in [-0.2, -0.15) is 0 Å². The van der Waals surface area contributed by atoms with E-state index >= 15 is 0 Å². The van der Waals surface area contributed by atoms with Crippen LogP contribution in [-0.4, -0.2) is 57.2 Å². The number of sulfonamides is 1. The van der Waals surface area contributed by atoms with Gasteiger partial charge in [-0.15, -0.1) is 0 Å². The van der Waals surface area contributed by atoms with Gasteiger partial charge in [-0.1, -0.05) is 0 Å². The second kappa shape index (κ2) is 6.87. The zero-order valence-corrected chi connectivity index (χ0v) is 12.8. The molecule has 1 atom stereocenters. The van der Waals surface area contributed by atoms with Crippen LogP contribution in [-0.2, 0) is 19.6 Å². The van der Waals surface area contributed by atoms with Gasteiger partial charge in [-0.25, -0.2) is 12.7 Å². The van der Waals surface area contributed by atoms with Gasteiger partial charge >= 0.3 is 0 Å². The summed E-state index contributed by atoms with van der Waals surface area (Å²) in [6.45, 7) is 4.66. The van der Waals surface area contributed by atoms with Crippen molar-refractivity contribution in [1.82, 2.24) is 9.62 Å². The average molecular weight is 304 g/mol. The fraction of sp³-hybridized carbons (Fsp3) is 0.923. The second-order valence-corrected chi connectivity index (χ2v) is 7.81. The molecule has 0 aromatic heterocycles. The number of amides is 1. The molecule has 116 valence electrons. The van der Waals surface area contributed by atoms with E-state index in [0.29, 0.717) is 38.8 Å². The second-order valence-electron chi connectivity index (χ2n) is 5.55. The Morgan fingerprint density at radius 2 is 2.00 bits per heavy atom. The first-order chi connectivity index (χ1) is 9.53. The van der Waals surface area contributed by atoms with Crippen LogP contribution >= 0.6 is 0 Å². The topological polar surface area (TPSA) is 75.7 Å². The molecule has 2 heterocycles. The molecule has 1 unspecified atom stereocenters. The van der Waals surface area contributed by atoms with E-state index in [9.17, 15) is 13.2 Å². The third-order valence-electron chi connectivity index (χ3n) is 4.20. The van der Waals surface area contributed by atoms with E-state index < -0.39 is 10.0 Å². The minimum Gasteiger partial charge on any atom is -0.381 e. The van der Waals surface area contributed by atoms with Crippen molar-refractivity contribution < 1.29 is 17.9 Å². The number of ether oxygens (including phenoxy) is 1. The summed E-state index contributed by atoms with van der Waals surface area (Å²) in [6, 6.07) is 0. The summed E-state index contributed by atoms with van der Waals surface area (Å²) in [6.07, 6.45) is 2.44. The van der Waals surface area contributed by atoms with Crippen molar-refractivity contribution >= 4 is 15.9 Å². The van der Waals surface area contributed by atoms with Gasteiger partial charge in [-0.3, -0.25) is 4.79 Å². The van der Waals surface area contributed by atoms with Crippen molar-refractivity contribution in [3.8, 4) is 0 Å². The Balaban J connectivity index is 1.70. The van der Waals surface area contributed by atoms with Crippen molar-refractivity contribution in [2.24, 2.45) is 11.8 Å². The zero-order chi connectivity index (χ0) is 14.6. The molecule has 0 saturated carbocycles. The lowest BCUT2D eigenvalue weighted by Gasteiger charge is -2.31. The molecule has 2 rings (SSSR count). The molecule has 6 nitrogen and oxygen atoms in total. The number of carbonyl (C=O) groups is 1. The predicted octanol–water partition coefficient (Wildman–Crippen LogP) is 0.201. The molecule has 2 saturated heterocycles. The lowest BCUT2D eigenvalue weighted by Crippen LogP contribution is -2.42. The van der Waals surface area contributed by atoms with Crippen molar-refractivity contribution in [2.75, 3.05) is 38.6 Å².